The van der Waals surface area contributed by atoms with Crippen molar-refractivity contribution in [3.05, 3.63) is 107 Å². The molecule has 40 heavy (non-hydrogen) atoms. The molecule has 1 fully saturated rings. The number of rotatable bonds is 5. The van der Waals surface area contributed by atoms with Crippen LogP contribution >= 0.6 is 55.0 Å². The second-order valence-electron chi connectivity index (χ2n) is 9.57. The van der Waals surface area contributed by atoms with Gasteiger partial charge in [-0.15, -0.1) is 0 Å². The van der Waals surface area contributed by atoms with Crippen molar-refractivity contribution >= 4 is 84.1 Å². The molecule has 3 atom stereocenters. The number of carbonyl (C=O) groups is 3. The quantitative estimate of drug-likeness (QED) is 0.252. The Hall–Kier alpha value is -2.99. The number of hydrogen-bond donors (Lipinski definition) is 1. The molecule has 3 amide bonds. The molecule has 11 heteroatoms. The van der Waals surface area contributed by atoms with Crippen molar-refractivity contribution in [2.24, 2.45) is 5.92 Å². The standard InChI is InChI=1S/C29H21Br2N3O4S2/c1-15-4-2-3-5-20(15)32-21(35)14-33-28-25(40-29(33)38)22(16-6-8-17(30)9-7-16)23-24(39-28)27(37)34(26(23)36)19-12-10-18(31)11-13-19/h2-13,22-24H,14H2,1H3,(H,32,35). The molecule has 0 spiro atoms. The number of aromatic nitrogens is 1. The van der Waals surface area contributed by atoms with Crippen molar-refractivity contribution in [1.82, 2.24) is 4.57 Å². The number of nitrogens with one attached hydrogen (secondary N) is 1. The normalized spacial score (nSPS) is 19.9. The molecule has 1 saturated heterocycles. The molecule has 0 aliphatic carbocycles. The highest BCUT2D eigenvalue weighted by Gasteiger charge is 2.56. The van der Waals surface area contributed by atoms with Gasteiger partial charge in [0.05, 0.1) is 16.6 Å². The highest BCUT2D eigenvalue weighted by molar-refractivity contribution is 9.10. The number of hydrogen-bond acceptors (Lipinski definition) is 6. The fourth-order valence-electron chi connectivity index (χ4n) is 5.18. The van der Waals surface area contributed by atoms with E-state index in [1.165, 1.54) is 21.2 Å². The average Bonchev–Trinajstić information content (AvgIpc) is 3.37. The Morgan fingerprint density at radius 1 is 0.900 bits per heavy atom. The summed E-state index contributed by atoms with van der Waals surface area (Å²) >= 11 is 9.11. The minimum atomic E-state index is -0.739. The molecule has 1 N–H and O–H groups in total. The predicted octanol–water partition coefficient (Wildman–Crippen LogP) is 6.18. The highest BCUT2D eigenvalue weighted by Crippen LogP contribution is 2.54. The van der Waals surface area contributed by atoms with Crippen LogP contribution in [0.5, 0.6) is 0 Å². The summed E-state index contributed by atoms with van der Waals surface area (Å²) in [6.07, 6.45) is 0. The summed E-state index contributed by atoms with van der Waals surface area (Å²) in [4.78, 5) is 55.7. The van der Waals surface area contributed by atoms with Gasteiger partial charge in [-0.2, -0.15) is 0 Å². The molecular weight excluding hydrogens is 678 g/mol. The van der Waals surface area contributed by atoms with Crippen molar-refractivity contribution in [3.63, 3.8) is 0 Å². The number of amides is 3. The van der Waals surface area contributed by atoms with E-state index < -0.39 is 17.1 Å². The zero-order valence-corrected chi connectivity index (χ0v) is 25.8. The Bertz CT molecular complexity index is 1720. The molecule has 3 heterocycles. The van der Waals surface area contributed by atoms with E-state index in [1.54, 1.807) is 24.3 Å². The van der Waals surface area contributed by atoms with E-state index in [2.05, 4.69) is 37.2 Å². The Kier molecular flexibility index (Phi) is 7.32. The van der Waals surface area contributed by atoms with Gasteiger partial charge < -0.3 is 5.32 Å². The van der Waals surface area contributed by atoms with E-state index in [1.807, 2.05) is 55.5 Å². The summed E-state index contributed by atoms with van der Waals surface area (Å²) in [5, 5.41) is 2.70. The van der Waals surface area contributed by atoms with Crippen molar-refractivity contribution < 1.29 is 14.4 Å². The van der Waals surface area contributed by atoms with E-state index in [9.17, 15) is 19.2 Å². The minimum Gasteiger partial charge on any atom is -0.324 e. The lowest BCUT2D eigenvalue weighted by molar-refractivity contribution is -0.122. The number of thiazole rings is 1. The molecule has 4 aromatic rings. The monoisotopic (exact) mass is 697 g/mol. The first kappa shape index (κ1) is 27.2. The third-order valence-electron chi connectivity index (χ3n) is 7.08. The molecule has 202 valence electrons. The van der Waals surface area contributed by atoms with Gasteiger partial charge in [-0.1, -0.05) is 85.3 Å². The van der Waals surface area contributed by atoms with Gasteiger partial charge in [0.2, 0.25) is 17.7 Å². The van der Waals surface area contributed by atoms with Crippen molar-refractivity contribution in [2.45, 2.75) is 29.7 Å². The molecule has 2 aliphatic rings. The number of carbonyl (C=O) groups excluding carboxylic acids is 3. The van der Waals surface area contributed by atoms with Crippen molar-refractivity contribution in [1.29, 1.82) is 0 Å². The predicted molar refractivity (Wildman–Crippen MR) is 164 cm³/mol. The Labute approximate surface area is 254 Å². The van der Waals surface area contributed by atoms with Gasteiger partial charge in [0.25, 0.3) is 0 Å². The number of thioether (sulfide) groups is 1. The topological polar surface area (TPSA) is 88.5 Å². The van der Waals surface area contributed by atoms with Crippen LogP contribution in [0.4, 0.5) is 11.4 Å². The van der Waals surface area contributed by atoms with E-state index >= 15 is 0 Å². The lowest BCUT2D eigenvalue weighted by atomic mass is 9.83. The Morgan fingerprint density at radius 2 is 1.55 bits per heavy atom. The highest BCUT2D eigenvalue weighted by atomic mass is 79.9. The first-order chi connectivity index (χ1) is 19.2. The number of imide groups is 1. The second kappa shape index (κ2) is 10.8. The van der Waals surface area contributed by atoms with Gasteiger partial charge in [-0.05, 0) is 60.5 Å². The van der Waals surface area contributed by atoms with Crippen LogP contribution < -0.4 is 15.1 Å². The SMILES string of the molecule is Cc1ccccc1NC(=O)Cn1c2c(sc1=O)C(c1ccc(Br)cc1)C1C(=O)N(c3ccc(Br)cc3)C(=O)C1S2. The molecular formula is C29H21Br2N3O4S2. The third kappa shape index (κ3) is 4.78. The molecule has 0 bridgehead atoms. The van der Waals surface area contributed by atoms with Crippen LogP contribution in [-0.4, -0.2) is 27.5 Å². The van der Waals surface area contributed by atoms with Crippen LogP contribution in [0.25, 0.3) is 0 Å². The first-order valence-corrected chi connectivity index (χ1v) is 15.7. The lowest BCUT2D eigenvalue weighted by Gasteiger charge is -2.30. The Morgan fingerprint density at radius 3 is 2.23 bits per heavy atom. The van der Waals surface area contributed by atoms with Crippen molar-refractivity contribution in [3.8, 4) is 0 Å². The Balaban J connectivity index is 1.41. The van der Waals surface area contributed by atoms with E-state index in [0.717, 1.165) is 31.4 Å². The third-order valence-corrected chi connectivity index (χ3v) is 10.7. The average molecular weight is 699 g/mol. The fraction of sp³-hybridized carbons (Fsp3) is 0.172. The maximum Gasteiger partial charge on any atom is 0.308 e. The zero-order valence-electron chi connectivity index (χ0n) is 21.0. The number of benzene rings is 3. The summed E-state index contributed by atoms with van der Waals surface area (Å²) in [6.45, 7) is 1.70. The van der Waals surface area contributed by atoms with E-state index in [-0.39, 0.29) is 29.1 Å². The van der Waals surface area contributed by atoms with Crippen LogP contribution in [0, 0.1) is 12.8 Å². The summed E-state index contributed by atoms with van der Waals surface area (Å²) < 4.78 is 3.15. The first-order valence-electron chi connectivity index (χ1n) is 12.4. The maximum atomic E-state index is 13.9. The molecule has 1 aromatic heterocycles. The number of anilines is 2. The van der Waals surface area contributed by atoms with Gasteiger partial charge in [-0.3, -0.25) is 23.7 Å². The van der Waals surface area contributed by atoms with Crippen LogP contribution in [0.2, 0.25) is 0 Å². The largest absolute Gasteiger partial charge is 0.324 e. The van der Waals surface area contributed by atoms with Crippen LogP contribution in [0.3, 0.4) is 0 Å². The summed E-state index contributed by atoms with van der Waals surface area (Å²) in [5.41, 5.74) is 2.91. The van der Waals surface area contributed by atoms with Crippen molar-refractivity contribution in [2.75, 3.05) is 10.2 Å². The molecule has 0 radical (unpaired) electrons. The smallest absolute Gasteiger partial charge is 0.308 e. The second-order valence-corrected chi connectivity index (χ2v) is 13.5. The van der Waals surface area contributed by atoms with Gasteiger partial charge in [0.15, 0.2) is 0 Å². The number of aryl methyl sites for hydroxylation is 1. The van der Waals surface area contributed by atoms with Gasteiger partial charge in [0.1, 0.15) is 11.8 Å². The molecule has 3 aromatic carbocycles. The molecule has 6 rings (SSSR count). The number of nitrogens with zero attached hydrogens (tertiary/aromatic N) is 2. The summed E-state index contributed by atoms with van der Waals surface area (Å²) in [6, 6.07) is 22.1. The molecule has 7 nitrogen and oxygen atoms in total. The van der Waals surface area contributed by atoms with Gasteiger partial charge in [-0.25, -0.2) is 4.90 Å². The van der Waals surface area contributed by atoms with Gasteiger partial charge in [0, 0.05) is 25.4 Å². The summed E-state index contributed by atoms with van der Waals surface area (Å²) in [5.74, 6) is -2.17. The number of fused-ring (bicyclic) bond motifs is 2. The minimum absolute atomic E-state index is 0.199. The number of halogens is 2. The summed E-state index contributed by atoms with van der Waals surface area (Å²) in [7, 11) is 0. The van der Waals surface area contributed by atoms with Crippen LogP contribution in [0.1, 0.15) is 21.9 Å². The molecule has 0 saturated carbocycles. The van der Waals surface area contributed by atoms with E-state index in [4.69, 9.17) is 0 Å². The molecule has 3 unspecified atom stereocenters. The van der Waals surface area contributed by atoms with E-state index in [0.29, 0.717) is 21.3 Å². The number of para-hydroxylation sites is 1. The maximum absolute atomic E-state index is 13.9. The van der Waals surface area contributed by atoms with Crippen LogP contribution in [0.15, 0.2) is 91.6 Å². The lowest BCUT2D eigenvalue weighted by Crippen LogP contribution is -2.33. The molecule has 2 aliphatic heterocycles. The van der Waals surface area contributed by atoms with Gasteiger partial charge >= 0.3 is 4.87 Å². The van der Waals surface area contributed by atoms with Crippen LogP contribution in [-0.2, 0) is 20.9 Å². The fourth-order valence-corrected chi connectivity index (χ4v) is 8.48. The zero-order chi connectivity index (χ0) is 28.1.